The maximum Gasteiger partial charge on any atom is 0.373 e. The van der Waals surface area contributed by atoms with Gasteiger partial charge in [0.05, 0.1) is 0 Å². The molecule has 0 aromatic heterocycles. The van der Waals surface area contributed by atoms with E-state index >= 15 is 0 Å². The zero-order valence-electron chi connectivity index (χ0n) is 6.22. The third kappa shape index (κ3) is 2.59. The summed E-state index contributed by atoms with van der Waals surface area (Å²) in [5.74, 6) is -3.38. The van der Waals surface area contributed by atoms with Gasteiger partial charge < -0.3 is 5.11 Å². The highest BCUT2D eigenvalue weighted by Gasteiger charge is 2.33. The highest BCUT2D eigenvalue weighted by atomic mass is 32.2. The van der Waals surface area contributed by atoms with Crippen molar-refractivity contribution in [3.8, 4) is 0 Å². The summed E-state index contributed by atoms with van der Waals surface area (Å²) in [4.78, 5) is 20.6. The molecule has 6 nitrogen and oxygen atoms in total. The van der Waals surface area contributed by atoms with Gasteiger partial charge in [-0.1, -0.05) is 6.92 Å². The molecule has 0 aromatic rings. The summed E-state index contributed by atoms with van der Waals surface area (Å²) in [5.41, 5.74) is 0. The van der Waals surface area contributed by atoms with Crippen molar-refractivity contribution in [3.63, 3.8) is 0 Å². The Labute approximate surface area is 68.9 Å². The van der Waals surface area contributed by atoms with Gasteiger partial charge in [0, 0.05) is 0 Å². The first kappa shape index (κ1) is 11.1. The molecule has 7 heteroatoms. The summed E-state index contributed by atoms with van der Waals surface area (Å²) < 4.78 is 29.1. The summed E-state index contributed by atoms with van der Waals surface area (Å²) in [6.07, 6.45) is -0.260. The number of carbonyl (C=O) groups excluding carboxylic acids is 1. The first-order chi connectivity index (χ1) is 5.30. The van der Waals surface area contributed by atoms with Gasteiger partial charge in [-0.3, -0.25) is 9.35 Å². The van der Waals surface area contributed by atoms with Gasteiger partial charge in [-0.2, -0.15) is 8.42 Å². The number of carbonyl (C=O) groups is 2. The predicted molar refractivity (Wildman–Crippen MR) is 38.3 cm³/mol. The lowest BCUT2D eigenvalue weighted by molar-refractivity contribution is -0.149. The van der Waals surface area contributed by atoms with E-state index in [1.54, 1.807) is 0 Å². The number of hydrogen-bond acceptors (Lipinski definition) is 4. The van der Waals surface area contributed by atoms with E-state index in [-0.39, 0.29) is 6.42 Å². The molecule has 0 bridgehead atoms. The van der Waals surface area contributed by atoms with Crippen molar-refractivity contribution in [2.45, 2.75) is 18.6 Å². The Balaban J connectivity index is 4.83. The van der Waals surface area contributed by atoms with Gasteiger partial charge in [0.1, 0.15) is 0 Å². The van der Waals surface area contributed by atoms with Crippen molar-refractivity contribution >= 4 is 21.9 Å². The van der Waals surface area contributed by atoms with E-state index in [1.165, 1.54) is 6.92 Å². The minimum Gasteiger partial charge on any atom is -0.475 e. The van der Waals surface area contributed by atoms with Crippen LogP contribution >= 0.6 is 0 Å². The summed E-state index contributed by atoms with van der Waals surface area (Å²) in [6.45, 7) is 1.29. The quantitative estimate of drug-likeness (QED) is 0.455. The van der Waals surface area contributed by atoms with Crippen LogP contribution in [-0.4, -0.2) is 35.1 Å². The molecule has 0 amide bonds. The number of rotatable bonds is 4. The molecule has 1 atom stereocenters. The summed E-state index contributed by atoms with van der Waals surface area (Å²) >= 11 is 0. The summed E-state index contributed by atoms with van der Waals surface area (Å²) in [5, 5.41) is 6.27. The molecular weight excluding hydrogens is 188 g/mol. The van der Waals surface area contributed by atoms with Gasteiger partial charge in [0.15, 0.2) is 5.25 Å². The Morgan fingerprint density at radius 3 is 1.92 bits per heavy atom. The Morgan fingerprint density at radius 2 is 1.83 bits per heavy atom. The third-order valence-electron chi connectivity index (χ3n) is 1.23. The van der Waals surface area contributed by atoms with Crippen LogP contribution in [0.4, 0.5) is 0 Å². The number of Topliss-reactive ketones (excluding diaryl/α,β-unsaturated/α-hetero) is 1. The van der Waals surface area contributed by atoms with Crippen LogP contribution in [0, 0.1) is 0 Å². The fourth-order valence-electron chi connectivity index (χ4n) is 0.669. The lowest BCUT2D eigenvalue weighted by Crippen LogP contribution is -2.34. The van der Waals surface area contributed by atoms with Crippen LogP contribution < -0.4 is 0 Å². The lowest BCUT2D eigenvalue weighted by atomic mass is 10.2. The molecule has 2 N–H and O–H groups in total. The number of hydrogen-bond donors (Lipinski definition) is 2. The standard InChI is InChI=1S/C5H8O6S/c1-2-3(12(9,10)11)4(6)5(7)8/h3H,2H2,1H3,(H,7,8)(H,9,10,11). The first-order valence-corrected chi connectivity index (χ1v) is 4.54. The summed E-state index contributed by atoms with van der Waals surface area (Å²) in [7, 11) is -4.59. The molecule has 0 rings (SSSR count). The Morgan fingerprint density at radius 1 is 1.42 bits per heavy atom. The largest absolute Gasteiger partial charge is 0.475 e. The number of carboxylic acid groups (broad SMARTS) is 1. The Kier molecular flexibility index (Phi) is 3.35. The zero-order chi connectivity index (χ0) is 9.94. The van der Waals surface area contributed by atoms with Crippen molar-refractivity contribution < 1.29 is 27.7 Å². The smallest absolute Gasteiger partial charge is 0.373 e. The van der Waals surface area contributed by atoms with Gasteiger partial charge in [0.2, 0.25) is 0 Å². The van der Waals surface area contributed by atoms with Crippen LogP contribution in [0.3, 0.4) is 0 Å². The normalized spacial score (nSPS) is 13.8. The second-order valence-corrected chi connectivity index (χ2v) is 3.68. The molecule has 0 radical (unpaired) electrons. The molecule has 0 aliphatic heterocycles. The van der Waals surface area contributed by atoms with E-state index in [4.69, 9.17) is 9.66 Å². The van der Waals surface area contributed by atoms with Crippen molar-refractivity contribution in [3.05, 3.63) is 0 Å². The third-order valence-corrected chi connectivity index (χ3v) is 2.50. The average Bonchev–Trinajstić information content (AvgIpc) is 1.85. The van der Waals surface area contributed by atoms with Crippen LogP contribution in [0.25, 0.3) is 0 Å². The van der Waals surface area contributed by atoms with Gasteiger partial charge in [-0.15, -0.1) is 0 Å². The van der Waals surface area contributed by atoms with Crippen LogP contribution in [-0.2, 0) is 19.7 Å². The molecule has 0 heterocycles. The molecule has 0 spiro atoms. The Hall–Kier alpha value is -0.950. The number of aliphatic carboxylic acids is 1. The van der Waals surface area contributed by atoms with Crippen LogP contribution in [0.5, 0.6) is 0 Å². The van der Waals surface area contributed by atoms with E-state index < -0.39 is 27.1 Å². The van der Waals surface area contributed by atoms with Crippen molar-refractivity contribution in [1.29, 1.82) is 0 Å². The fourth-order valence-corrected chi connectivity index (χ4v) is 1.46. The highest BCUT2D eigenvalue weighted by Crippen LogP contribution is 2.04. The van der Waals surface area contributed by atoms with E-state index in [1.807, 2.05) is 0 Å². The molecular formula is C5H8O6S. The van der Waals surface area contributed by atoms with E-state index in [9.17, 15) is 18.0 Å². The SMILES string of the molecule is CCC(C(=O)C(=O)O)S(=O)(=O)O. The summed E-state index contributed by atoms with van der Waals surface area (Å²) in [6, 6.07) is 0. The molecule has 70 valence electrons. The molecule has 0 aliphatic carbocycles. The van der Waals surface area contributed by atoms with Crippen molar-refractivity contribution in [2.24, 2.45) is 0 Å². The molecule has 0 aliphatic rings. The Bertz CT molecular complexity index is 289. The van der Waals surface area contributed by atoms with Crippen LogP contribution in [0.2, 0.25) is 0 Å². The van der Waals surface area contributed by atoms with Crippen molar-refractivity contribution in [1.82, 2.24) is 0 Å². The predicted octanol–water partition coefficient (Wildman–Crippen LogP) is -0.693. The molecule has 1 unspecified atom stereocenters. The highest BCUT2D eigenvalue weighted by molar-refractivity contribution is 7.87. The van der Waals surface area contributed by atoms with E-state index in [0.29, 0.717) is 0 Å². The molecule has 0 fully saturated rings. The maximum absolute atomic E-state index is 10.6. The average molecular weight is 196 g/mol. The fraction of sp³-hybridized carbons (Fsp3) is 0.600. The van der Waals surface area contributed by atoms with E-state index in [0.717, 1.165) is 0 Å². The van der Waals surface area contributed by atoms with Gasteiger partial charge in [0.25, 0.3) is 15.9 Å². The molecule has 0 saturated heterocycles. The monoisotopic (exact) mass is 196 g/mol. The van der Waals surface area contributed by atoms with Crippen LogP contribution in [0.15, 0.2) is 0 Å². The lowest BCUT2D eigenvalue weighted by Gasteiger charge is -2.05. The van der Waals surface area contributed by atoms with Crippen LogP contribution in [0.1, 0.15) is 13.3 Å². The van der Waals surface area contributed by atoms with E-state index in [2.05, 4.69) is 0 Å². The maximum atomic E-state index is 10.6. The van der Waals surface area contributed by atoms with Gasteiger partial charge in [-0.25, -0.2) is 4.79 Å². The minimum absolute atomic E-state index is 0.260. The van der Waals surface area contributed by atoms with Gasteiger partial charge >= 0.3 is 5.97 Å². The molecule has 0 saturated carbocycles. The molecule has 12 heavy (non-hydrogen) atoms. The van der Waals surface area contributed by atoms with Gasteiger partial charge in [-0.05, 0) is 6.42 Å². The van der Waals surface area contributed by atoms with Crippen molar-refractivity contribution in [2.75, 3.05) is 0 Å². The second kappa shape index (κ2) is 3.63. The first-order valence-electron chi connectivity index (χ1n) is 3.04. The number of ketones is 1. The number of carboxylic acids is 1. The second-order valence-electron chi connectivity index (χ2n) is 2.08. The minimum atomic E-state index is -4.59. The zero-order valence-corrected chi connectivity index (χ0v) is 7.04. The topological polar surface area (TPSA) is 109 Å². The molecule has 0 aromatic carbocycles.